The van der Waals surface area contributed by atoms with Gasteiger partial charge in [-0.05, 0) is 42.8 Å². The molecule has 0 saturated carbocycles. The van der Waals surface area contributed by atoms with E-state index in [9.17, 15) is 9.59 Å². The van der Waals surface area contributed by atoms with E-state index < -0.39 is 0 Å². The lowest BCUT2D eigenvalue weighted by Crippen LogP contribution is -2.23. The number of nitrogens with one attached hydrogen (secondary N) is 1. The van der Waals surface area contributed by atoms with Crippen LogP contribution in [0.5, 0.6) is 0 Å². The minimum absolute atomic E-state index is 0.0778. The maximum absolute atomic E-state index is 12.3. The molecule has 2 aromatic carbocycles. The third kappa shape index (κ3) is 4.91. The molecule has 0 bridgehead atoms. The van der Waals surface area contributed by atoms with Gasteiger partial charge in [-0.25, -0.2) is 0 Å². The van der Waals surface area contributed by atoms with Crippen molar-refractivity contribution in [3.63, 3.8) is 0 Å². The summed E-state index contributed by atoms with van der Waals surface area (Å²) in [5.41, 5.74) is 2.40. The molecule has 2 heterocycles. The predicted molar refractivity (Wildman–Crippen MR) is 123 cm³/mol. The summed E-state index contributed by atoms with van der Waals surface area (Å²) < 4.78 is 1.88. The fourth-order valence-electron chi connectivity index (χ4n) is 3.42. The molecular weight excluding hydrogens is 434 g/mol. The van der Waals surface area contributed by atoms with Crippen molar-refractivity contribution < 1.29 is 9.59 Å². The summed E-state index contributed by atoms with van der Waals surface area (Å²) in [5, 5.41) is 12.7. The van der Waals surface area contributed by atoms with Gasteiger partial charge in [-0.15, -0.1) is 10.2 Å². The molecule has 160 valence electrons. The number of amides is 2. The Bertz CT molecular complexity index is 1100. The smallest absolute Gasteiger partial charge is 0.227 e. The number of carbonyl (C=O) groups excluding carboxylic acids is 2. The van der Waals surface area contributed by atoms with Crippen molar-refractivity contribution in [3.05, 3.63) is 53.6 Å². The zero-order valence-electron chi connectivity index (χ0n) is 17.0. The summed E-state index contributed by atoms with van der Waals surface area (Å²) in [6.45, 7) is 0.752. The molecule has 1 aliphatic heterocycles. The van der Waals surface area contributed by atoms with E-state index in [0.717, 1.165) is 29.4 Å². The molecule has 9 heteroatoms. The summed E-state index contributed by atoms with van der Waals surface area (Å²) in [6.07, 6.45) is 1.83. The lowest BCUT2D eigenvalue weighted by atomic mass is 10.2. The molecular formula is C22H22ClN5O2S. The van der Waals surface area contributed by atoms with Crippen molar-refractivity contribution in [2.24, 2.45) is 7.05 Å². The van der Waals surface area contributed by atoms with Gasteiger partial charge in [0.25, 0.3) is 0 Å². The Kier molecular flexibility index (Phi) is 6.58. The molecule has 1 saturated heterocycles. The minimum atomic E-state index is -0.0778. The summed E-state index contributed by atoms with van der Waals surface area (Å²) in [4.78, 5) is 25.9. The van der Waals surface area contributed by atoms with Gasteiger partial charge in [0.15, 0.2) is 11.0 Å². The van der Waals surface area contributed by atoms with Gasteiger partial charge in [-0.3, -0.25) is 9.59 Å². The summed E-state index contributed by atoms with van der Waals surface area (Å²) in [7, 11) is 1.88. The van der Waals surface area contributed by atoms with Crippen LogP contribution in [0.15, 0.2) is 53.7 Å². The van der Waals surface area contributed by atoms with Gasteiger partial charge in [0.05, 0.1) is 5.02 Å². The third-order valence-electron chi connectivity index (χ3n) is 5.05. The number of rotatable bonds is 7. The van der Waals surface area contributed by atoms with E-state index in [0.29, 0.717) is 35.1 Å². The molecule has 0 spiro atoms. The van der Waals surface area contributed by atoms with Gasteiger partial charge in [-0.1, -0.05) is 35.5 Å². The highest BCUT2D eigenvalue weighted by Gasteiger charge is 2.21. The van der Waals surface area contributed by atoms with Crippen LogP contribution >= 0.6 is 23.4 Å². The Labute approximate surface area is 189 Å². The van der Waals surface area contributed by atoms with Crippen LogP contribution in [0, 0.1) is 0 Å². The van der Waals surface area contributed by atoms with Gasteiger partial charge in [0.1, 0.15) is 0 Å². The number of aromatic nitrogens is 3. The number of anilines is 2. The molecule has 2 amide bonds. The lowest BCUT2D eigenvalue weighted by Gasteiger charge is -2.16. The van der Waals surface area contributed by atoms with Crippen LogP contribution < -0.4 is 10.2 Å². The van der Waals surface area contributed by atoms with Crippen molar-refractivity contribution in [1.82, 2.24) is 14.8 Å². The second-order valence-electron chi connectivity index (χ2n) is 7.19. The van der Waals surface area contributed by atoms with E-state index in [1.807, 2.05) is 60.1 Å². The Balaban J connectivity index is 1.29. The molecule has 4 rings (SSSR count). The molecule has 0 radical (unpaired) electrons. The van der Waals surface area contributed by atoms with Gasteiger partial charge in [-0.2, -0.15) is 0 Å². The first kappa shape index (κ1) is 21.4. The van der Waals surface area contributed by atoms with Crippen molar-refractivity contribution in [3.8, 4) is 11.4 Å². The van der Waals surface area contributed by atoms with Crippen molar-refractivity contribution in [1.29, 1.82) is 0 Å². The van der Waals surface area contributed by atoms with E-state index in [2.05, 4.69) is 15.5 Å². The minimum Gasteiger partial charge on any atom is -0.326 e. The molecule has 1 fully saturated rings. The fraction of sp³-hybridized carbons (Fsp3) is 0.273. The Hall–Kier alpha value is -2.84. The van der Waals surface area contributed by atoms with Crippen molar-refractivity contribution >= 4 is 46.6 Å². The van der Waals surface area contributed by atoms with Crippen molar-refractivity contribution in [2.75, 3.05) is 22.5 Å². The van der Waals surface area contributed by atoms with Crippen LogP contribution in [-0.2, 0) is 16.6 Å². The number of thioether (sulfide) groups is 1. The number of carbonyl (C=O) groups is 2. The second kappa shape index (κ2) is 9.53. The van der Waals surface area contributed by atoms with Gasteiger partial charge in [0, 0.05) is 49.1 Å². The molecule has 0 atom stereocenters. The van der Waals surface area contributed by atoms with Gasteiger partial charge >= 0.3 is 0 Å². The number of benzene rings is 2. The fourth-order valence-corrected chi connectivity index (χ4v) is 4.49. The Morgan fingerprint density at radius 1 is 1.16 bits per heavy atom. The van der Waals surface area contributed by atoms with E-state index in [1.54, 1.807) is 4.90 Å². The van der Waals surface area contributed by atoms with Crippen LogP contribution in [0.3, 0.4) is 0 Å². The van der Waals surface area contributed by atoms with E-state index in [4.69, 9.17) is 11.6 Å². The van der Waals surface area contributed by atoms with E-state index in [-0.39, 0.29) is 11.8 Å². The standard InChI is InChI=1S/C22H22ClN5O2S/c1-27-21(17-5-2-3-6-18(17)23)25-26-22(27)31-14-12-19(29)24-15-8-10-16(11-9-15)28-13-4-7-20(28)30/h2-3,5-6,8-11H,4,7,12-14H2,1H3,(H,24,29). The van der Waals surface area contributed by atoms with Crippen molar-refractivity contribution in [2.45, 2.75) is 24.4 Å². The molecule has 31 heavy (non-hydrogen) atoms. The van der Waals surface area contributed by atoms with E-state index in [1.165, 1.54) is 11.8 Å². The maximum atomic E-state index is 12.3. The summed E-state index contributed by atoms with van der Waals surface area (Å²) in [5.74, 6) is 1.33. The van der Waals surface area contributed by atoms with Crippen LogP contribution in [0.4, 0.5) is 11.4 Å². The monoisotopic (exact) mass is 455 g/mol. The van der Waals surface area contributed by atoms with Gasteiger partial charge in [0.2, 0.25) is 11.8 Å². The topological polar surface area (TPSA) is 80.1 Å². The van der Waals surface area contributed by atoms with Crippen LogP contribution in [0.2, 0.25) is 5.02 Å². The zero-order valence-corrected chi connectivity index (χ0v) is 18.6. The normalized spacial score (nSPS) is 13.6. The number of hydrogen-bond acceptors (Lipinski definition) is 5. The molecule has 1 aromatic heterocycles. The second-order valence-corrected chi connectivity index (χ2v) is 8.66. The lowest BCUT2D eigenvalue weighted by molar-refractivity contribution is -0.117. The zero-order chi connectivity index (χ0) is 21.8. The quantitative estimate of drug-likeness (QED) is 0.534. The van der Waals surface area contributed by atoms with Crippen LogP contribution in [-0.4, -0.2) is 38.9 Å². The maximum Gasteiger partial charge on any atom is 0.227 e. The molecule has 0 unspecified atom stereocenters. The number of hydrogen-bond donors (Lipinski definition) is 1. The first-order valence-electron chi connectivity index (χ1n) is 10.0. The molecule has 3 aromatic rings. The third-order valence-corrected chi connectivity index (χ3v) is 6.40. The largest absolute Gasteiger partial charge is 0.326 e. The number of nitrogens with zero attached hydrogens (tertiary/aromatic N) is 4. The van der Waals surface area contributed by atoms with Crippen LogP contribution in [0.1, 0.15) is 19.3 Å². The summed E-state index contributed by atoms with van der Waals surface area (Å²) in [6, 6.07) is 14.9. The van der Waals surface area contributed by atoms with E-state index >= 15 is 0 Å². The Morgan fingerprint density at radius 3 is 2.65 bits per heavy atom. The highest BCUT2D eigenvalue weighted by Crippen LogP contribution is 2.28. The molecule has 1 aliphatic rings. The number of halogens is 1. The van der Waals surface area contributed by atoms with Crippen LogP contribution in [0.25, 0.3) is 11.4 Å². The predicted octanol–water partition coefficient (Wildman–Crippen LogP) is 4.38. The molecule has 7 nitrogen and oxygen atoms in total. The average Bonchev–Trinajstić information content (AvgIpc) is 3.35. The first-order chi connectivity index (χ1) is 15.0. The Morgan fingerprint density at radius 2 is 1.94 bits per heavy atom. The SMILES string of the molecule is Cn1c(SCCC(=O)Nc2ccc(N3CCCC3=O)cc2)nnc1-c1ccccc1Cl. The average molecular weight is 456 g/mol. The van der Waals surface area contributed by atoms with Gasteiger partial charge < -0.3 is 14.8 Å². The highest BCUT2D eigenvalue weighted by molar-refractivity contribution is 7.99. The molecule has 1 N–H and O–H groups in total. The first-order valence-corrected chi connectivity index (χ1v) is 11.4. The summed E-state index contributed by atoms with van der Waals surface area (Å²) >= 11 is 7.72. The molecule has 0 aliphatic carbocycles. The highest BCUT2D eigenvalue weighted by atomic mass is 35.5.